The Hall–Kier alpha value is -0.0800. The van der Waals surface area contributed by atoms with Crippen LogP contribution in [0.2, 0.25) is 0 Å². The van der Waals surface area contributed by atoms with Gasteiger partial charge in [0.2, 0.25) is 0 Å². The van der Waals surface area contributed by atoms with Crippen molar-refractivity contribution in [3.8, 4) is 0 Å². The van der Waals surface area contributed by atoms with Crippen molar-refractivity contribution in [1.82, 2.24) is 0 Å². The molecule has 0 bridgehead atoms. The highest BCUT2D eigenvalue weighted by Gasteiger charge is 2.20. The molecule has 0 aromatic rings. The van der Waals surface area contributed by atoms with Crippen LogP contribution in [0.4, 0.5) is 0 Å². The van der Waals surface area contributed by atoms with Crippen LogP contribution in [0.25, 0.3) is 0 Å². The van der Waals surface area contributed by atoms with Gasteiger partial charge in [0, 0.05) is 0 Å². The van der Waals surface area contributed by atoms with E-state index in [1.165, 1.54) is 38.5 Å². The van der Waals surface area contributed by atoms with Crippen molar-refractivity contribution in [2.75, 3.05) is 6.61 Å². The molecule has 2 heteroatoms. The van der Waals surface area contributed by atoms with Crippen LogP contribution in [0.1, 0.15) is 51.9 Å². The standard InChI is InChI=1S/C11H22O2/c1-2-3-4-6-10-7-5-8-11(9-12)13-10/h10-12H,2-9H2,1H3. The summed E-state index contributed by atoms with van der Waals surface area (Å²) in [6.45, 7) is 2.42. The smallest absolute Gasteiger partial charge is 0.0809 e. The number of hydrogen-bond acceptors (Lipinski definition) is 2. The van der Waals surface area contributed by atoms with Crippen LogP contribution in [0.5, 0.6) is 0 Å². The lowest BCUT2D eigenvalue weighted by Gasteiger charge is -2.28. The molecule has 0 aromatic heterocycles. The quantitative estimate of drug-likeness (QED) is 0.668. The molecule has 1 aliphatic heterocycles. The van der Waals surface area contributed by atoms with Crippen LogP contribution < -0.4 is 0 Å². The van der Waals surface area contributed by atoms with Crippen LogP contribution in [-0.4, -0.2) is 23.9 Å². The molecule has 1 fully saturated rings. The number of aliphatic hydroxyl groups excluding tert-OH is 1. The van der Waals surface area contributed by atoms with Crippen LogP contribution in [0, 0.1) is 0 Å². The summed E-state index contributed by atoms with van der Waals surface area (Å²) >= 11 is 0. The van der Waals surface area contributed by atoms with Gasteiger partial charge >= 0.3 is 0 Å². The average Bonchev–Trinajstić information content (AvgIpc) is 2.19. The number of ether oxygens (including phenoxy) is 1. The van der Waals surface area contributed by atoms with E-state index < -0.39 is 0 Å². The molecular weight excluding hydrogens is 164 g/mol. The maximum absolute atomic E-state index is 8.96. The number of rotatable bonds is 5. The zero-order chi connectivity index (χ0) is 9.52. The minimum atomic E-state index is 0.125. The van der Waals surface area contributed by atoms with Gasteiger partial charge in [-0.05, 0) is 25.7 Å². The molecule has 2 atom stereocenters. The Balaban J connectivity index is 2.11. The van der Waals surface area contributed by atoms with Crippen LogP contribution in [-0.2, 0) is 4.74 Å². The van der Waals surface area contributed by atoms with Crippen LogP contribution >= 0.6 is 0 Å². The second-order valence-electron chi connectivity index (χ2n) is 3.99. The van der Waals surface area contributed by atoms with E-state index in [-0.39, 0.29) is 12.7 Å². The number of aliphatic hydroxyl groups is 1. The van der Waals surface area contributed by atoms with Gasteiger partial charge in [0.15, 0.2) is 0 Å². The van der Waals surface area contributed by atoms with E-state index in [1.807, 2.05) is 0 Å². The summed E-state index contributed by atoms with van der Waals surface area (Å²) in [5.74, 6) is 0. The second-order valence-corrected chi connectivity index (χ2v) is 3.99. The first-order chi connectivity index (χ1) is 6.36. The molecule has 1 aliphatic rings. The van der Waals surface area contributed by atoms with Gasteiger partial charge in [0.25, 0.3) is 0 Å². The maximum Gasteiger partial charge on any atom is 0.0809 e. The van der Waals surface area contributed by atoms with E-state index in [2.05, 4.69) is 6.92 Å². The maximum atomic E-state index is 8.96. The first kappa shape index (κ1) is 11.0. The molecule has 1 saturated heterocycles. The van der Waals surface area contributed by atoms with Crippen molar-refractivity contribution in [2.45, 2.75) is 64.1 Å². The normalized spacial score (nSPS) is 29.1. The van der Waals surface area contributed by atoms with Gasteiger partial charge in [-0.25, -0.2) is 0 Å². The van der Waals surface area contributed by atoms with Gasteiger partial charge in [-0.15, -0.1) is 0 Å². The molecular formula is C11H22O2. The Morgan fingerprint density at radius 3 is 2.69 bits per heavy atom. The summed E-state index contributed by atoms with van der Waals surface area (Å²) < 4.78 is 5.73. The van der Waals surface area contributed by atoms with E-state index >= 15 is 0 Å². The molecule has 2 unspecified atom stereocenters. The predicted molar refractivity (Wildman–Crippen MR) is 53.7 cm³/mol. The van der Waals surface area contributed by atoms with E-state index in [0.29, 0.717) is 6.10 Å². The van der Waals surface area contributed by atoms with E-state index in [4.69, 9.17) is 9.84 Å². The SMILES string of the molecule is CCCCCC1CCCC(CO)O1. The summed E-state index contributed by atoms with van der Waals surface area (Å²) in [5.41, 5.74) is 0. The molecule has 0 amide bonds. The van der Waals surface area contributed by atoms with Gasteiger partial charge in [-0.2, -0.15) is 0 Å². The van der Waals surface area contributed by atoms with Crippen LogP contribution in [0.3, 0.4) is 0 Å². The Kier molecular flexibility index (Phi) is 5.40. The summed E-state index contributed by atoms with van der Waals surface area (Å²) in [6, 6.07) is 0. The highest BCUT2D eigenvalue weighted by atomic mass is 16.5. The molecule has 0 aromatic carbocycles. The minimum absolute atomic E-state index is 0.125. The highest BCUT2D eigenvalue weighted by molar-refractivity contribution is 4.70. The summed E-state index contributed by atoms with van der Waals surface area (Å²) in [5, 5.41) is 8.96. The first-order valence-corrected chi connectivity index (χ1v) is 5.63. The van der Waals surface area contributed by atoms with Crippen molar-refractivity contribution in [3.63, 3.8) is 0 Å². The van der Waals surface area contributed by atoms with Crippen molar-refractivity contribution in [1.29, 1.82) is 0 Å². The van der Waals surface area contributed by atoms with E-state index in [1.54, 1.807) is 0 Å². The van der Waals surface area contributed by atoms with Gasteiger partial charge in [0.05, 0.1) is 18.8 Å². The number of hydrogen-bond donors (Lipinski definition) is 1. The fourth-order valence-electron chi connectivity index (χ4n) is 1.95. The third kappa shape index (κ3) is 4.10. The lowest BCUT2D eigenvalue weighted by Crippen LogP contribution is -2.29. The average molecular weight is 186 g/mol. The monoisotopic (exact) mass is 186 g/mol. The van der Waals surface area contributed by atoms with Gasteiger partial charge in [-0.1, -0.05) is 26.2 Å². The molecule has 0 radical (unpaired) electrons. The van der Waals surface area contributed by atoms with Gasteiger partial charge < -0.3 is 9.84 Å². The zero-order valence-electron chi connectivity index (χ0n) is 8.67. The van der Waals surface area contributed by atoms with Gasteiger partial charge in [0.1, 0.15) is 0 Å². The molecule has 0 spiro atoms. The minimum Gasteiger partial charge on any atom is -0.394 e. The highest BCUT2D eigenvalue weighted by Crippen LogP contribution is 2.22. The molecule has 0 saturated carbocycles. The van der Waals surface area contributed by atoms with Crippen molar-refractivity contribution in [3.05, 3.63) is 0 Å². The Bertz CT molecular complexity index is 125. The van der Waals surface area contributed by atoms with Crippen molar-refractivity contribution in [2.24, 2.45) is 0 Å². The lowest BCUT2D eigenvalue weighted by molar-refractivity contribution is -0.0751. The predicted octanol–water partition coefficient (Wildman–Crippen LogP) is 2.50. The van der Waals surface area contributed by atoms with Crippen molar-refractivity contribution >= 4 is 0 Å². The Labute approximate surface area is 81.3 Å². The van der Waals surface area contributed by atoms with Crippen LogP contribution in [0.15, 0.2) is 0 Å². The molecule has 1 N–H and O–H groups in total. The second kappa shape index (κ2) is 6.39. The fraction of sp³-hybridized carbons (Fsp3) is 1.00. The Morgan fingerprint density at radius 2 is 2.00 bits per heavy atom. The molecule has 13 heavy (non-hydrogen) atoms. The molecule has 2 nitrogen and oxygen atoms in total. The largest absolute Gasteiger partial charge is 0.394 e. The first-order valence-electron chi connectivity index (χ1n) is 5.63. The summed E-state index contributed by atoms with van der Waals surface area (Å²) in [6.07, 6.45) is 9.06. The molecule has 1 rings (SSSR count). The van der Waals surface area contributed by atoms with E-state index in [0.717, 1.165) is 6.42 Å². The molecule has 1 heterocycles. The lowest BCUT2D eigenvalue weighted by atomic mass is 10.00. The molecule has 0 aliphatic carbocycles. The van der Waals surface area contributed by atoms with E-state index in [9.17, 15) is 0 Å². The molecule has 78 valence electrons. The number of unbranched alkanes of at least 4 members (excludes halogenated alkanes) is 2. The Morgan fingerprint density at radius 1 is 1.23 bits per heavy atom. The zero-order valence-corrected chi connectivity index (χ0v) is 8.67. The summed E-state index contributed by atoms with van der Waals surface area (Å²) in [7, 11) is 0. The topological polar surface area (TPSA) is 29.5 Å². The van der Waals surface area contributed by atoms with Crippen molar-refractivity contribution < 1.29 is 9.84 Å². The third-order valence-corrected chi connectivity index (χ3v) is 2.77. The van der Waals surface area contributed by atoms with Gasteiger partial charge in [-0.3, -0.25) is 0 Å². The third-order valence-electron chi connectivity index (χ3n) is 2.77. The summed E-state index contributed by atoms with van der Waals surface area (Å²) in [4.78, 5) is 0. The fourth-order valence-corrected chi connectivity index (χ4v) is 1.95.